The number of hydrogen-bond donors (Lipinski definition) is 1. The number of morpholine rings is 1. The van der Waals surface area contributed by atoms with Crippen LogP contribution in [0.25, 0.3) is 0 Å². The van der Waals surface area contributed by atoms with Gasteiger partial charge in [-0.05, 0) is 20.3 Å². The van der Waals surface area contributed by atoms with E-state index in [1.165, 1.54) is 0 Å². The Morgan fingerprint density at radius 1 is 1.29 bits per heavy atom. The van der Waals surface area contributed by atoms with Gasteiger partial charge in [0.15, 0.2) is 0 Å². The van der Waals surface area contributed by atoms with Crippen LogP contribution in [0.15, 0.2) is 0 Å². The molecule has 2 saturated heterocycles. The lowest BCUT2D eigenvalue weighted by atomic mass is 10.1. The third kappa shape index (κ3) is 2.97. The summed E-state index contributed by atoms with van der Waals surface area (Å²) in [6.07, 6.45) is 1.00. The highest BCUT2D eigenvalue weighted by molar-refractivity contribution is 5.84. The number of ether oxygens (including phenoxy) is 1. The summed E-state index contributed by atoms with van der Waals surface area (Å²) < 4.78 is 5.33. The second-order valence-corrected chi connectivity index (χ2v) is 5.40. The average Bonchev–Trinajstić information content (AvgIpc) is 2.77. The Hall–Kier alpha value is -0.650. The molecular formula is C12H22N2O3. The fourth-order valence-electron chi connectivity index (χ4n) is 2.55. The minimum Gasteiger partial charge on any atom is -0.381 e. The van der Waals surface area contributed by atoms with E-state index < -0.39 is 5.60 Å². The van der Waals surface area contributed by atoms with Gasteiger partial charge in [-0.3, -0.25) is 9.69 Å². The van der Waals surface area contributed by atoms with Crippen LogP contribution in [0.4, 0.5) is 0 Å². The van der Waals surface area contributed by atoms with E-state index in [1.54, 1.807) is 18.7 Å². The number of likely N-dealkylation sites (tertiary alicyclic amines) is 1. The molecule has 1 amide bonds. The van der Waals surface area contributed by atoms with Crippen LogP contribution < -0.4 is 0 Å². The third-order valence-electron chi connectivity index (χ3n) is 3.54. The molecule has 2 fully saturated rings. The van der Waals surface area contributed by atoms with Crippen LogP contribution in [0.3, 0.4) is 0 Å². The van der Waals surface area contributed by atoms with Crippen molar-refractivity contribution < 1.29 is 14.6 Å². The Balaban J connectivity index is 1.88. The molecule has 0 aromatic heterocycles. The number of nitrogens with zero attached hydrogens (tertiary/aromatic N) is 2. The van der Waals surface area contributed by atoms with Gasteiger partial charge in [0.25, 0.3) is 5.91 Å². The zero-order valence-electron chi connectivity index (χ0n) is 10.7. The smallest absolute Gasteiger partial charge is 0.254 e. The molecule has 2 rings (SSSR count). The van der Waals surface area contributed by atoms with Crippen LogP contribution in [-0.4, -0.2) is 71.8 Å². The Bertz CT molecular complexity index is 282. The molecule has 2 aliphatic heterocycles. The van der Waals surface area contributed by atoms with Crippen molar-refractivity contribution in [3.05, 3.63) is 0 Å². The maximum atomic E-state index is 11.9. The minimum absolute atomic E-state index is 0.159. The Morgan fingerprint density at radius 2 is 1.94 bits per heavy atom. The molecule has 17 heavy (non-hydrogen) atoms. The molecule has 1 unspecified atom stereocenters. The van der Waals surface area contributed by atoms with E-state index in [9.17, 15) is 9.90 Å². The van der Waals surface area contributed by atoms with Gasteiger partial charge < -0.3 is 14.7 Å². The first-order valence-corrected chi connectivity index (χ1v) is 6.32. The van der Waals surface area contributed by atoms with Crippen molar-refractivity contribution in [2.75, 3.05) is 39.4 Å². The molecule has 2 aliphatic rings. The van der Waals surface area contributed by atoms with Crippen LogP contribution in [-0.2, 0) is 9.53 Å². The predicted octanol–water partition coefficient (Wildman–Crippen LogP) is -0.310. The first-order chi connectivity index (χ1) is 7.98. The van der Waals surface area contributed by atoms with Crippen LogP contribution >= 0.6 is 0 Å². The van der Waals surface area contributed by atoms with E-state index in [2.05, 4.69) is 4.90 Å². The molecule has 1 N–H and O–H groups in total. The van der Waals surface area contributed by atoms with Gasteiger partial charge in [-0.1, -0.05) is 0 Å². The van der Waals surface area contributed by atoms with Crippen molar-refractivity contribution in [1.82, 2.24) is 9.80 Å². The van der Waals surface area contributed by atoms with Crippen LogP contribution in [0.2, 0.25) is 0 Å². The number of hydrogen-bond acceptors (Lipinski definition) is 4. The highest BCUT2D eigenvalue weighted by atomic mass is 16.5. The van der Waals surface area contributed by atoms with Crippen molar-refractivity contribution in [1.29, 1.82) is 0 Å². The van der Waals surface area contributed by atoms with Gasteiger partial charge in [0.1, 0.15) is 5.60 Å². The summed E-state index contributed by atoms with van der Waals surface area (Å²) in [4.78, 5) is 16.1. The largest absolute Gasteiger partial charge is 0.381 e. The minimum atomic E-state index is -1.25. The Kier molecular flexibility index (Phi) is 3.70. The first kappa shape index (κ1) is 12.8. The zero-order chi connectivity index (χ0) is 12.5. The molecule has 0 aliphatic carbocycles. The molecule has 5 nitrogen and oxygen atoms in total. The number of carbonyl (C=O) groups excluding carboxylic acids is 1. The van der Waals surface area contributed by atoms with Gasteiger partial charge in [0, 0.05) is 32.2 Å². The Morgan fingerprint density at radius 3 is 2.53 bits per heavy atom. The molecule has 0 aromatic carbocycles. The summed E-state index contributed by atoms with van der Waals surface area (Å²) in [5.41, 5.74) is -1.25. The molecule has 0 bridgehead atoms. The number of carbonyl (C=O) groups is 1. The third-order valence-corrected chi connectivity index (χ3v) is 3.54. The maximum Gasteiger partial charge on any atom is 0.254 e. The second kappa shape index (κ2) is 4.92. The van der Waals surface area contributed by atoms with E-state index >= 15 is 0 Å². The van der Waals surface area contributed by atoms with E-state index in [1.807, 2.05) is 0 Å². The van der Waals surface area contributed by atoms with E-state index in [4.69, 9.17) is 4.74 Å². The van der Waals surface area contributed by atoms with Crippen molar-refractivity contribution in [3.8, 4) is 0 Å². The van der Waals surface area contributed by atoms with Gasteiger partial charge in [-0.2, -0.15) is 0 Å². The maximum absolute atomic E-state index is 11.9. The molecule has 5 heteroatoms. The molecule has 0 radical (unpaired) electrons. The van der Waals surface area contributed by atoms with Gasteiger partial charge in [-0.15, -0.1) is 0 Å². The lowest BCUT2D eigenvalue weighted by Crippen LogP contribution is -2.48. The van der Waals surface area contributed by atoms with Crippen molar-refractivity contribution >= 4 is 5.91 Å². The van der Waals surface area contributed by atoms with E-state index in [-0.39, 0.29) is 5.91 Å². The molecular weight excluding hydrogens is 220 g/mol. The normalized spacial score (nSPS) is 27.5. The summed E-state index contributed by atoms with van der Waals surface area (Å²) in [5.74, 6) is -0.159. The van der Waals surface area contributed by atoms with Crippen molar-refractivity contribution in [3.63, 3.8) is 0 Å². The lowest BCUT2D eigenvalue weighted by molar-refractivity contribution is -0.146. The topological polar surface area (TPSA) is 53.0 Å². The molecule has 0 aromatic rings. The summed E-state index contributed by atoms with van der Waals surface area (Å²) in [5, 5.41) is 9.72. The SMILES string of the molecule is CC(C)(O)C(=O)N1CCC(N2CCOCC2)C1. The molecule has 98 valence electrons. The first-order valence-electron chi connectivity index (χ1n) is 6.32. The average molecular weight is 242 g/mol. The molecule has 1 atom stereocenters. The van der Waals surface area contributed by atoms with Gasteiger partial charge >= 0.3 is 0 Å². The van der Waals surface area contributed by atoms with E-state index in [0.29, 0.717) is 6.04 Å². The highest BCUT2D eigenvalue weighted by Gasteiger charge is 2.36. The fraction of sp³-hybridized carbons (Fsp3) is 0.917. The Labute approximate surface area is 102 Å². The van der Waals surface area contributed by atoms with Crippen molar-refractivity contribution in [2.24, 2.45) is 0 Å². The predicted molar refractivity (Wildman–Crippen MR) is 63.7 cm³/mol. The van der Waals surface area contributed by atoms with Gasteiger partial charge in [0.2, 0.25) is 0 Å². The highest BCUT2D eigenvalue weighted by Crippen LogP contribution is 2.19. The molecule has 0 saturated carbocycles. The van der Waals surface area contributed by atoms with Crippen LogP contribution in [0.5, 0.6) is 0 Å². The van der Waals surface area contributed by atoms with Gasteiger partial charge in [-0.25, -0.2) is 0 Å². The number of rotatable bonds is 2. The van der Waals surface area contributed by atoms with Gasteiger partial charge in [0.05, 0.1) is 13.2 Å². The molecule has 2 heterocycles. The van der Waals surface area contributed by atoms with E-state index in [0.717, 1.165) is 45.8 Å². The summed E-state index contributed by atoms with van der Waals surface area (Å²) in [7, 11) is 0. The summed E-state index contributed by atoms with van der Waals surface area (Å²) in [6, 6.07) is 0.435. The monoisotopic (exact) mass is 242 g/mol. The number of amides is 1. The van der Waals surface area contributed by atoms with Crippen LogP contribution in [0.1, 0.15) is 20.3 Å². The summed E-state index contributed by atoms with van der Waals surface area (Å²) in [6.45, 7) is 8.08. The number of aliphatic hydroxyl groups is 1. The fourth-order valence-corrected chi connectivity index (χ4v) is 2.55. The quantitative estimate of drug-likeness (QED) is 0.722. The summed E-state index contributed by atoms with van der Waals surface area (Å²) >= 11 is 0. The zero-order valence-corrected chi connectivity index (χ0v) is 10.7. The standard InChI is InChI=1S/C12H22N2O3/c1-12(2,16)11(15)14-4-3-10(9-14)13-5-7-17-8-6-13/h10,16H,3-9H2,1-2H3. The second-order valence-electron chi connectivity index (χ2n) is 5.40. The van der Waals surface area contributed by atoms with Crippen molar-refractivity contribution in [2.45, 2.75) is 31.9 Å². The van der Waals surface area contributed by atoms with Crippen LogP contribution in [0, 0.1) is 0 Å². The molecule has 0 spiro atoms. The lowest BCUT2D eigenvalue weighted by Gasteiger charge is -2.32.